The lowest BCUT2D eigenvalue weighted by molar-refractivity contribution is -0.147. The Balaban J connectivity index is 1.82. The van der Waals surface area contributed by atoms with Crippen LogP contribution in [0.1, 0.15) is 26.2 Å². The molecule has 2 heterocycles. The fourth-order valence-electron chi connectivity index (χ4n) is 2.69. The average molecular weight is 228 g/mol. The highest BCUT2D eigenvalue weighted by Gasteiger charge is 2.28. The van der Waals surface area contributed by atoms with Crippen LogP contribution in [0, 0.1) is 5.92 Å². The molecule has 2 rings (SSSR count). The van der Waals surface area contributed by atoms with E-state index in [1.54, 1.807) is 0 Å². The van der Waals surface area contributed by atoms with Crippen LogP contribution in [-0.4, -0.2) is 50.1 Å². The van der Waals surface area contributed by atoms with Crippen LogP contribution in [0.5, 0.6) is 0 Å². The summed E-state index contributed by atoms with van der Waals surface area (Å²) in [4.78, 5) is 2.51. The van der Waals surface area contributed by atoms with Crippen molar-refractivity contribution < 1.29 is 9.47 Å². The summed E-state index contributed by atoms with van der Waals surface area (Å²) in [5.74, 6) is 0.820. The van der Waals surface area contributed by atoms with Gasteiger partial charge in [-0.2, -0.15) is 0 Å². The van der Waals surface area contributed by atoms with Gasteiger partial charge >= 0.3 is 0 Å². The molecule has 0 amide bonds. The maximum Gasteiger partial charge on any atom is 0.147 e. The highest BCUT2D eigenvalue weighted by molar-refractivity contribution is 4.82. The van der Waals surface area contributed by atoms with Gasteiger partial charge in [-0.1, -0.05) is 6.92 Å². The standard InChI is InChI=1S/C12H24N2O2/c1-10-2-4-14(11(6-10)7-13)8-12-3-5-15-9-16-12/h10-12H,2-9,13H2,1H3. The highest BCUT2D eigenvalue weighted by Crippen LogP contribution is 2.23. The van der Waals surface area contributed by atoms with Crippen molar-refractivity contribution in [3.8, 4) is 0 Å². The summed E-state index contributed by atoms with van der Waals surface area (Å²) >= 11 is 0. The molecule has 0 aromatic heterocycles. The van der Waals surface area contributed by atoms with E-state index in [9.17, 15) is 0 Å². The van der Waals surface area contributed by atoms with E-state index in [2.05, 4.69) is 11.8 Å². The van der Waals surface area contributed by atoms with E-state index in [0.717, 1.165) is 32.0 Å². The van der Waals surface area contributed by atoms with E-state index in [-0.39, 0.29) is 0 Å². The normalized spacial score (nSPS) is 37.5. The quantitative estimate of drug-likeness (QED) is 0.776. The van der Waals surface area contributed by atoms with Crippen molar-refractivity contribution in [1.29, 1.82) is 0 Å². The predicted molar refractivity (Wildman–Crippen MR) is 63.1 cm³/mol. The van der Waals surface area contributed by atoms with E-state index < -0.39 is 0 Å². The molecule has 2 aliphatic heterocycles. The molecule has 2 fully saturated rings. The lowest BCUT2D eigenvalue weighted by Gasteiger charge is -2.40. The zero-order valence-corrected chi connectivity index (χ0v) is 10.2. The Morgan fingerprint density at radius 3 is 2.94 bits per heavy atom. The molecule has 0 aromatic carbocycles. The third-order valence-corrected chi connectivity index (χ3v) is 3.78. The zero-order valence-electron chi connectivity index (χ0n) is 10.2. The monoisotopic (exact) mass is 228 g/mol. The van der Waals surface area contributed by atoms with Crippen molar-refractivity contribution in [3.05, 3.63) is 0 Å². The Labute approximate surface area is 98.1 Å². The molecule has 3 unspecified atom stereocenters. The molecule has 3 atom stereocenters. The Morgan fingerprint density at radius 2 is 2.25 bits per heavy atom. The largest absolute Gasteiger partial charge is 0.355 e. The van der Waals surface area contributed by atoms with Crippen molar-refractivity contribution >= 4 is 0 Å². The fraction of sp³-hybridized carbons (Fsp3) is 1.00. The van der Waals surface area contributed by atoms with Crippen molar-refractivity contribution in [2.24, 2.45) is 11.7 Å². The van der Waals surface area contributed by atoms with Crippen LogP contribution in [0.25, 0.3) is 0 Å². The molecule has 0 saturated carbocycles. The number of nitrogens with zero attached hydrogens (tertiary/aromatic N) is 1. The van der Waals surface area contributed by atoms with Gasteiger partial charge in [-0.15, -0.1) is 0 Å². The second-order valence-electron chi connectivity index (χ2n) is 5.12. The predicted octanol–water partition coefficient (Wildman–Crippen LogP) is 0.809. The summed E-state index contributed by atoms with van der Waals surface area (Å²) in [6, 6.07) is 0.551. The Kier molecular flexibility index (Phi) is 4.58. The van der Waals surface area contributed by atoms with Crippen LogP contribution in [0.3, 0.4) is 0 Å². The first-order valence-corrected chi connectivity index (χ1v) is 6.43. The SMILES string of the molecule is CC1CCN(CC2CCOCO2)C(CN)C1. The Hall–Kier alpha value is -0.160. The maximum absolute atomic E-state index is 5.85. The van der Waals surface area contributed by atoms with E-state index in [1.807, 2.05) is 0 Å². The molecule has 94 valence electrons. The number of rotatable bonds is 3. The molecular weight excluding hydrogens is 204 g/mol. The summed E-state index contributed by atoms with van der Waals surface area (Å²) in [6.45, 7) is 6.59. The summed E-state index contributed by atoms with van der Waals surface area (Å²) < 4.78 is 10.8. The summed E-state index contributed by atoms with van der Waals surface area (Å²) in [5, 5.41) is 0. The lowest BCUT2D eigenvalue weighted by atomic mass is 9.92. The maximum atomic E-state index is 5.85. The summed E-state index contributed by atoms with van der Waals surface area (Å²) in [5.41, 5.74) is 5.85. The van der Waals surface area contributed by atoms with E-state index in [1.165, 1.54) is 19.4 Å². The van der Waals surface area contributed by atoms with Crippen LogP contribution >= 0.6 is 0 Å². The van der Waals surface area contributed by atoms with Gasteiger partial charge in [0.2, 0.25) is 0 Å². The first-order chi connectivity index (χ1) is 7.79. The third kappa shape index (κ3) is 3.17. The second kappa shape index (κ2) is 5.96. The molecule has 0 spiro atoms. The second-order valence-corrected chi connectivity index (χ2v) is 5.12. The van der Waals surface area contributed by atoms with Gasteiger partial charge in [-0.25, -0.2) is 0 Å². The molecule has 0 aliphatic carbocycles. The molecule has 16 heavy (non-hydrogen) atoms. The van der Waals surface area contributed by atoms with Gasteiger partial charge in [-0.3, -0.25) is 4.90 Å². The molecule has 0 aromatic rings. The van der Waals surface area contributed by atoms with Gasteiger partial charge in [0.1, 0.15) is 6.79 Å². The number of likely N-dealkylation sites (tertiary alicyclic amines) is 1. The lowest BCUT2D eigenvalue weighted by Crippen LogP contribution is -2.50. The number of hydrogen-bond donors (Lipinski definition) is 1. The molecule has 4 heteroatoms. The van der Waals surface area contributed by atoms with Gasteiger partial charge < -0.3 is 15.2 Å². The first kappa shape index (κ1) is 12.3. The Bertz CT molecular complexity index is 207. The van der Waals surface area contributed by atoms with Crippen molar-refractivity contribution in [1.82, 2.24) is 4.90 Å². The van der Waals surface area contributed by atoms with Gasteiger partial charge in [-0.05, 0) is 31.7 Å². The Morgan fingerprint density at radius 1 is 1.38 bits per heavy atom. The van der Waals surface area contributed by atoms with Crippen molar-refractivity contribution in [2.75, 3.05) is 33.0 Å². The molecule has 2 N–H and O–H groups in total. The van der Waals surface area contributed by atoms with Crippen LogP contribution in [0.2, 0.25) is 0 Å². The number of piperidine rings is 1. The third-order valence-electron chi connectivity index (χ3n) is 3.78. The first-order valence-electron chi connectivity index (χ1n) is 6.43. The number of ether oxygens (including phenoxy) is 2. The van der Waals surface area contributed by atoms with Crippen LogP contribution in [0.15, 0.2) is 0 Å². The van der Waals surface area contributed by atoms with Gasteiger partial charge in [0.05, 0.1) is 12.7 Å². The van der Waals surface area contributed by atoms with E-state index >= 15 is 0 Å². The fourth-order valence-corrected chi connectivity index (χ4v) is 2.69. The summed E-state index contributed by atoms with van der Waals surface area (Å²) in [6.07, 6.45) is 3.89. The van der Waals surface area contributed by atoms with E-state index in [4.69, 9.17) is 15.2 Å². The molecule has 2 saturated heterocycles. The van der Waals surface area contributed by atoms with Gasteiger partial charge in [0, 0.05) is 19.1 Å². The zero-order chi connectivity index (χ0) is 11.4. The van der Waals surface area contributed by atoms with E-state index in [0.29, 0.717) is 18.9 Å². The van der Waals surface area contributed by atoms with Gasteiger partial charge in [0.15, 0.2) is 0 Å². The van der Waals surface area contributed by atoms with Crippen LogP contribution in [0.4, 0.5) is 0 Å². The highest BCUT2D eigenvalue weighted by atomic mass is 16.7. The van der Waals surface area contributed by atoms with Gasteiger partial charge in [0.25, 0.3) is 0 Å². The minimum atomic E-state index is 0.344. The summed E-state index contributed by atoms with van der Waals surface area (Å²) in [7, 11) is 0. The van der Waals surface area contributed by atoms with Crippen molar-refractivity contribution in [2.45, 2.75) is 38.3 Å². The molecule has 2 aliphatic rings. The molecule has 4 nitrogen and oxygen atoms in total. The minimum absolute atomic E-state index is 0.344. The van der Waals surface area contributed by atoms with Crippen LogP contribution < -0.4 is 5.73 Å². The minimum Gasteiger partial charge on any atom is -0.355 e. The number of nitrogens with two attached hydrogens (primary N) is 1. The van der Waals surface area contributed by atoms with Crippen LogP contribution in [-0.2, 0) is 9.47 Å². The molecule has 0 bridgehead atoms. The smallest absolute Gasteiger partial charge is 0.147 e. The average Bonchev–Trinajstić information content (AvgIpc) is 2.33. The number of hydrogen-bond acceptors (Lipinski definition) is 4. The molecule has 0 radical (unpaired) electrons. The topological polar surface area (TPSA) is 47.7 Å². The molecular formula is C12H24N2O2. The van der Waals surface area contributed by atoms with Crippen molar-refractivity contribution in [3.63, 3.8) is 0 Å².